The van der Waals surface area contributed by atoms with Gasteiger partial charge in [0.15, 0.2) is 0 Å². The number of hydrogen-bond acceptors (Lipinski definition) is 9. The van der Waals surface area contributed by atoms with E-state index in [1.54, 1.807) is 24.4 Å². The number of nitrogens with zero attached hydrogens (tertiary/aromatic N) is 1. The van der Waals surface area contributed by atoms with Crippen molar-refractivity contribution in [3.8, 4) is 5.75 Å². The number of para-hydroxylation sites is 1. The fourth-order valence-electron chi connectivity index (χ4n) is 5.58. The molecule has 5 amide bonds. The number of nitrogens with one attached hydrogen (secondary N) is 5. The maximum atomic E-state index is 14.2. The van der Waals surface area contributed by atoms with E-state index in [0.717, 1.165) is 15.8 Å². The smallest absolute Gasteiger partial charge is 0.326 e. The van der Waals surface area contributed by atoms with Crippen LogP contribution in [0.25, 0.3) is 10.9 Å². The molecule has 3 aromatic rings. The molecule has 10 N–H and O–H groups in total. The van der Waals surface area contributed by atoms with Gasteiger partial charge < -0.3 is 52.2 Å². The van der Waals surface area contributed by atoms with Crippen LogP contribution < -0.4 is 27.0 Å². The van der Waals surface area contributed by atoms with Crippen LogP contribution in [0.4, 0.5) is 0 Å². The maximum Gasteiger partial charge on any atom is 0.326 e. The first-order chi connectivity index (χ1) is 25.1. The molecule has 53 heavy (non-hydrogen) atoms. The number of benzene rings is 2. The molecule has 0 unspecified atom stereocenters. The van der Waals surface area contributed by atoms with E-state index in [9.17, 15) is 43.8 Å². The van der Waals surface area contributed by atoms with E-state index in [1.807, 2.05) is 25.1 Å². The van der Waals surface area contributed by atoms with Crippen molar-refractivity contribution in [1.29, 1.82) is 0 Å². The largest absolute Gasteiger partial charge is 0.508 e. The number of unbranched alkanes of at least 4 members (excludes halogenated alkanes) is 1. The maximum absolute atomic E-state index is 14.2. The molecule has 2 aromatic carbocycles. The lowest BCUT2D eigenvalue weighted by Crippen LogP contribution is -2.58. The number of likely N-dealkylation sites (N-methyl/N-ethyl adjacent to an activating group) is 1. The summed E-state index contributed by atoms with van der Waals surface area (Å²) >= 11 is 0. The molecule has 0 aliphatic rings. The van der Waals surface area contributed by atoms with Crippen LogP contribution in [0.3, 0.4) is 0 Å². The van der Waals surface area contributed by atoms with Gasteiger partial charge in [-0.3, -0.25) is 28.8 Å². The van der Waals surface area contributed by atoms with Gasteiger partial charge in [0.2, 0.25) is 29.5 Å². The van der Waals surface area contributed by atoms with Crippen LogP contribution in [0.15, 0.2) is 54.7 Å². The van der Waals surface area contributed by atoms with Crippen LogP contribution in [0.1, 0.15) is 50.7 Å². The quantitative estimate of drug-likeness (QED) is 0.0753. The number of aromatic hydroxyl groups is 1. The average molecular weight is 738 g/mol. The number of rotatable bonds is 20. The number of carboxylic acids is 2. The van der Waals surface area contributed by atoms with Crippen LogP contribution >= 0.6 is 0 Å². The molecule has 0 aliphatic heterocycles. The number of aromatic amines is 1. The number of hydrogen-bond donors (Lipinski definition) is 9. The molecule has 5 atom stereocenters. The number of H-pyrrole nitrogens is 1. The Labute approximate surface area is 305 Å². The normalized spacial score (nSPS) is 13.8. The van der Waals surface area contributed by atoms with Crippen molar-refractivity contribution in [1.82, 2.24) is 31.2 Å². The highest BCUT2D eigenvalue weighted by atomic mass is 16.4. The molecule has 0 bridgehead atoms. The van der Waals surface area contributed by atoms with E-state index in [4.69, 9.17) is 10.8 Å². The molecule has 0 radical (unpaired) electrons. The Bertz CT molecular complexity index is 1780. The molecule has 0 saturated carbocycles. The van der Waals surface area contributed by atoms with Gasteiger partial charge in [-0.05, 0) is 42.7 Å². The zero-order valence-corrected chi connectivity index (χ0v) is 29.8. The van der Waals surface area contributed by atoms with Crippen molar-refractivity contribution in [2.75, 3.05) is 13.6 Å². The van der Waals surface area contributed by atoms with Gasteiger partial charge in [0, 0.05) is 37.0 Å². The summed E-state index contributed by atoms with van der Waals surface area (Å²) in [5, 5.41) is 38.9. The number of nitrogens with two attached hydrogens (primary N) is 1. The van der Waals surface area contributed by atoms with Crippen molar-refractivity contribution >= 4 is 52.4 Å². The summed E-state index contributed by atoms with van der Waals surface area (Å²) in [7, 11) is 1.33. The Morgan fingerprint density at radius 1 is 0.849 bits per heavy atom. The predicted octanol–water partition coefficient (Wildman–Crippen LogP) is 0.153. The molecular formula is C36H47N7O10. The van der Waals surface area contributed by atoms with Gasteiger partial charge in [-0.25, -0.2) is 4.79 Å². The second-order valence-corrected chi connectivity index (χ2v) is 12.7. The van der Waals surface area contributed by atoms with Crippen LogP contribution in [0, 0.1) is 0 Å². The molecule has 0 fully saturated rings. The third-order valence-electron chi connectivity index (χ3n) is 8.52. The highest BCUT2D eigenvalue weighted by Crippen LogP contribution is 2.21. The van der Waals surface area contributed by atoms with Gasteiger partial charge in [-0.1, -0.05) is 50.1 Å². The summed E-state index contributed by atoms with van der Waals surface area (Å²) in [6.07, 6.45) is 1.96. The Morgan fingerprint density at radius 2 is 1.51 bits per heavy atom. The zero-order valence-electron chi connectivity index (χ0n) is 29.8. The summed E-state index contributed by atoms with van der Waals surface area (Å²) in [5.74, 6) is -6.67. The molecule has 17 heteroatoms. The molecule has 286 valence electrons. The van der Waals surface area contributed by atoms with Crippen molar-refractivity contribution in [2.24, 2.45) is 5.73 Å². The molecule has 0 spiro atoms. The highest BCUT2D eigenvalue weighted by Gasteiger charge is 2.35. The molecular weight excluding hydrogens is 690 g/mol. The first-order valence-electron chi connectivity index (χ1n) is 17.1. The third-order valence-corrected chi connectivity index (χ3v) is 8.52. The van der Waals surface area contributed by atoms with Crippen molar-refractivity contribution < 1.29 is 48.9 Å². The number of aromatic nitrogens is 1. The number of aliphatic carboxylic acids is 2. The Kier molecular flexibility index (Phi) is 15.3. The summed E-state index contributed by atoms with van der Waals surface area (Å²) < 4.78 is 0. The molecule has 0 aliphatic carbocycles. The first kappa shape index (κ1) is 41.5. The Balaban J connectivity index is 1.85. The minimum atomic E-state index is -1.74. The van der Waals surface area contributed by atoms with Crippen LogP contribution in [-0.2, 0) is 46.4 Å². The van der Waals surface area contributed by atoms with E-state index in [2.05, 4.69) is 26.3 Å². The summed E-state index contributed by atoms with van der Waals surface area (Å²) in [6, 6.07) is 6.95. The average Bonchev–Trinajstić information content (AvgIpc) is 3.52. The number of carboxylic acid groups (broad SMARTS) is 2. The topological polar surface area (TPSA) is 273 Å². The summed E-state index contributed by atoms with van der Waals surface area (Å²) in [6.45, 7) is 2.69. The molecule has 17 nitrogen and oxygen atoms in total. The Morgan fingerprint density at radius 3 is 2.13 bits per heavy atom. The lowest BCUT2D eigenvalue weighted by molar-refractivity contribution is -0.148. The van der Waals surface area contributed by atoms with Crippen molar-refractivity contribution in [3.05, 3.63) is 65.9 Å². The standard InChI is InChI=1S/C36H47N7O10/c1-4-5-10-29(34(50)42-28(36(52)53)17-31(46)47)43(3)35(51)27(16-22-18-38-25-9-7-6-8-24(22)25)40-30(45)19-39-33(49)26(41-32(48)20(2)37)15-21-11-13-23(44)14-12-21/h6-9,11-14,18,20,26-29,38,44H,4-5,10,15-17,19,37H2,1-3H3,(H,39,49)(H,40,45)(H,41,48)(H,42,50)(H,46,47)(H,52,53)/t20-,26-,27-,28-,29-/m0/s1. The van der Waals surface area contributed by atoms with Crippen LogP contribution in [0.5, 0.6) is 5.75 Å². The third kappa shape index (κ3) is 12.3. The molecule has 3 rings (SSSR count). The number of carbonyl (C=O) groups is 7. The van der Waals surface area contributed by atoms with E-state index in [1.165, 1.54) is 26.1 Å². The number of carbonyl (C=O) groups excluding carboxylic acids is 5. The predicted molar refractivity (Wildman–Crippen MR) is 192 cm³/mol. The number of fused-ring (bicyclic) bond motifs is 1. The van der Waals surface area contributed by atoms with Gasteiger partial charge in [-0.2, -0.15) is 0 Å². The van der Waals surface area contributed by atoms with Gasteiger partial charge >= 0.3 is 11.9 Å². The number of phenols is 1. The highest BCUT2D eigenvalue weighted by molar-refractivity contribution is 5.96. The fraction of sp³-hybridized carbons (Fsp3) is 0.417. The van der Waals surface area contributed by atoms with Gasteiger partial charge in [0.05, 0.1) is 19.0 Å². The van der Waals surface area contributed by atoms with Gasteiger partial charge in [0.25, 0.3) is 0 Å². The first-order valence-corrected chi connectivity index (χ1v) is 17.1. The lowest BCUT2D eigenvalue weighted by atomic mass is 10.0. The number of phenolic OH excluding ortho intramolecular Hbond substituents is 1. The van der Waals surface area contributed by atoms with Gasteiger partial charge in [-0.15, -0.1) is 0 Å². The second-order valence-electron chi connectivity index (χ2n) is 12.7. The second kappa shape index (κ2) is 19.6. The van der Waals surface area contributed by atoms with Crippen LogP contribution in [0.2, 0.25) is 0 Å². The fourth-order valence-corrected chi connectivity index (χ4v) is 5.58. The summed E-state index contributed by atoms with van der Waals surface area (Å²) in [4.78, 5) is 93.7. The van der Waals surface area contributed by atoms with Crippen molar-refractivity contribution in [3.63, 3.8) is 0 Å². The van der Waals surface area contributed by atoms with Crippen LogP contribution in [-0.4, -0.2) is 110 Å². The summed E-state index contributed by atoms with van der Waals surface area (Å²) in [5.41, 5.74) is 7.72. The van der Waals surface area contributed by atoms with E-state index in [0.29, 0.717) is 24.0 Å². The Hall–Kier alpha value is -5.97. The number of amides is 5. The molecule has 1 aromatic heterocycles. The van der Waals surface area contributed by atoms with E-state index < -0.39 is 84.6 Å². The van der Waals surface area contributed by atoms with E-state index in [-0.39, 0.29) is 25.0 Å². The lowest BCUT2D eigenvalue weighted by Gasteiger charge is -2.31. The molecule has 0 saturated heterocycles. The van der Waals surface area contributed by atoms with Gasteiger partial charge in [0.1, 0.15) is 29.9 Å². The van der Waals surface area contributed by atoms with E-state index >= 15 is 0 Å². The zero-order chi connectivity index (χ0) is 39.2. The molecule has 1 heterocycles. The van der Waals surface area contributed by atoms with Crippen molar-refractivity contribution in [2.45, 2.75) is 82.6 Å². The minimum Gasteiger partial charge on any atom is -0.508 e. The monoisotopic (exact) mass is 737 g/mol. The minimum absolute atomic E-state index is 0.00776. The SMILES string of the molecule is CCCC[C@@H](C(=O)N[C@@H](CC(=O)O)C(=O)O)N(C)C(=O)[C@H](Cc1c[nH]c2ccccc12)NC(=O)CNC(=O)[C@H](Cc1ccc(O)cc1)NC(=O)[C@H](C)N.